The summed E-state index contributed by atoms with van der Waals surface area (Å²) in [6.07, 6.45) is 4.30. The molecular formula is C22H22ClN2O3+. The van der Waals surface area contributed by atoms with Gasteiger partial charge in [-0.05, 0) is 48.9 Å². The number of carboxylic acid groups (broad SMARTS) is 1. The number of carbonyl (C=O) groups excluding carboxylic acids is 1. The number of hydrogen-bond acceptors (Lipinski definition) is 3. The average molecular weight is 398 g/mol. The minimum atomic E-state index is -1.27. The van der Waals surface area contributed by atoms with Gasteiger partial charge < -0.3 is 5.11 Å². The molecule has 2 aromatic rings. The number of rotatable bonds is 3. The van der Waals surface area contributed by atoms with Crippen LogP contribution in [0.4, 0.5) is 5.69 Å². The van der Waals surface area contributed by atoms with E-state index >= 15 is 0 Å². The van der Waals surface area contributed by atoms with E-state index in [1.807, 2.05) is 19.1 Å². The van der Waals surface area contributed by atoms with Crippen molar-refractivity contribution in [3.05, 3.63) is 75.4 Å². The Hall–Kier alpha value is -2.47. The van der Waals surface area contributed by atoms with E-state index < -0.39 is 11.8 Å². The van der Waals surface area contributed by atoms with E-state index in [0.29, 0.717) is 22.8 Å². The van der Waals surface area contributed by atoms with Crippen molar-refractivity contribution in [1.82, 2.24) is 4.59 Å². The van der Waals surface area contributed by atoms with E-state index in [1.54, 1.807) is 12.1 Å². The summed E-state index contributed by atoms with van der Waals surface area (Å²) in [6.45, 7) is 2.24. The fraction of sp³-hybridized carbons (Fsp3) is 0.273. The minimum Gasteiger partial charge on any atom is -0.477 e. The Labute approximate surface area is 168 Å². The minimum absolute atomic E-state index is 0.0797. The molecule has 0 aromatic heterocycles. The normalized spacial score (nSPS) is 23.6. The summed E-state index contributed by atoms with van der Waals surface area (Å²) in [5, 5.41) is 10.0. The zero-order valence-corrected chi connectivity index (χ0v) is 16.4. The zero-order valence-electron chi connectivity index (χ0n) is 15.6. The number of ketones is 1. The van der Waals surface area contributed by atoms with E-state index in [9.17, 15) is 14.7 Å². The maximum Gasteiger partial charge on any atom is 0.345 e. The second kappa shape index (κ2) is 6.85. The third kappa shape index (κ3) is 2.87. The van der Waals surface area contributed by atoms with Crippen LogP contribution in [0.3, 0.4) is 0 Å². The molecule has 2 aromatic carbocycles. The third-order valence-corrected chi connectivity index (χ3v) is 6.24. The first kappa shape index (κ1) is 18.9. The van der Waals surface area contributed by atoms with Gasteiger partial charge in [-0.15, -0.1) is 0 Å². The largest absolute Gasteiger partial charge is 0.477 e. The van der Waals surface area contributed by atoms with Crippen molar-refractivity contribution in [3.63, 3.8) is 0 Å². The van der Waals surface area contributed by atoms with Crippen molar-refractivity contribution < 1.29 is 14.7 Å². The lowest BCUT2D eigenvalue weighted by Gasteiger charge is -2.33. The first-order valence-electron chi connectivity index (χ1n) is 9.44. The molecule has 0 radical (unpaired) electrons. The number of Topliss-reactive ketones (excluding diaryl/α,β-unsaturated/α-hetero) is 1. The molecule has 28 heavy (non-hydrogen) atoms. The molecule has 1 aliphatic carbocycles. The molecule has 1 aliphatic heterocycles. The second-order valence-electron chi connectivity index (χ2n) is 7.46. The smallest absolute Gasteiger partial charge is 0.345 e. The summed E-state index contributed by atoms with van der Waals surface area (Å²) in [5.41, 5.74) is 3.94. The molecule has 0 spiro atoms. The van der Waals surface area contributed by atoms with Gasteiger partial charge in [-0.2, -0.15) is 10.4 Å². The molecule has 2 aliphatic rings. The van der Waals surface area contributed by atoms with Crippen LogP contribution in [0.1, 0.15) is 52.7 Å². The van der Waals surface area contributed by atoms with Crippen molar-refractivity contribution in [2.75, 3.05) is 6.54 Å². The van der Waals surface area contributed by atoms with Gasteiger partial charge in [-0.3, -0.25) is 4.79 Å². The maximum absolute atomic E-state index is 12.9. The number of quaternary nitrogens is 1. The summed E-state index contributed by atoms with van der Waals surface area (Å²) in [5.74, 6) is 4.72. The fourth-order valence-corrected chi connectivity index (χ4v) is 4.66. The Morgan fingerprint density at radius 2 is 2.04 bits per heavy atom. The molecule has 0 bridgehead atoms. The molecule has 0 fully saturated rings. The number of halogens is 1. The highest BCUT2D eigenvalue weighted by Crippen LogP contribution is 2.43. The lowest BCUT2D eigenvalue weighted by molar-refractivity contribution is -0.132. The van der Waals surface area contributed by atoms with Crippen LogP contribution in [-0.2, 0) is 11.2 Å². The summed E-state index contributed by atoms with van der Waals surface area (Å²) in [4.78, 5) is 24.5. The summed E-state index contributed by atoms with van der Waals surface area (Å²) in [6, 6.07) is 11.8. The average Bonchev–Trinajstić information content (AvgIpc) is 2.70. The van der Waals surface area contributed by atoms with Crippen LogP contribution in [0.15, 0.2) is 48.2 Å². The van der Waals surface area contributed by atoms with Gasteiger partial charge in [0.15, 0.2) is 11.3 Å². The number of carboxylic acids is 1. The molecule has 144 valence electrons. The van der Waals surface area contributed by atoms with Gasteiger partial charge in [0.05, 0.1) is 10.6 Å². The number of fused-ring (bicyclic) bond motifs is 2. The van der Waals surface area contributed by atoms with E-state index in [1.165, 1.54) is 17.3 Å². The molecule has 0 saturated heterocycles. The Balaban J connectivity index is 1.90. The van der Waals surface area contributed by atoms with Crippen molar-refractivity contribution in [3.8, 4) is 0 Å². The highest BCUT2D eigenvalue weighted by molar-refractivity contribution is 6.33. The quantitative estimate of drug-likeness (QED) is 0.462. The van der Waals surface area contributed by atoms with Crippen LogP contribution in [0.25, 0.3) is 0 Å². The topological polar surface area (TPSA) is 80.4 Å². The van der Waals surface area contributed by atoms with Gasteiger partial charge in [0.25, 0.3) is 0 Å². The van der Waals surface area contributed by atoms with Crippen LogP contribution in [0, 0.1) is 0 Å². The molecular weight excluding hydrogens is 376 g/mol. The van der Waals surface area contributed by atoms with E-state index in [-0.39, 0.29) is 16.1 Å². The number of aliphatic carboxylic acids is 1. The number of nitrogens with two attached hydrogens (primary N) is 1. The van der Waals surface area contributed by atoms with Gasteiger partial charge >= 0.3 is 5.97 Å². The molecule has 5 nitrogen and oxygen atoms in total. The summed E-state index contributed by atoms with van der Waals surface area (Å²) < 4.78 is -0.260. The van der Waals surface area contributed by atoms with Crippen LogP contribution in [0.5, 0.6) is 0 Å². The Kier molecular flexibility index (Phi) is 4.62. The SMILES string of the molecule is CC[N@@+]1(N)C=C(C(=O)O)C(=O)c2cc(C3CCCc4ccccc43)c(Cl)cc21. The molecule has 1 heterocycles. The maximum atomic E-state index is 12.9. The van der Waals surface area contributed by atoms with Crippen molar-refractivity contribution >= 4 is 29.0 Å². The highest BCUT2D eigenvalue weighted by atomic mass is 35.5. The first-order valence-corrected chi connectivity index (χ1v) is 9.82. The Morgan fingerprint density at radius 3 is 2.75 bits per heavy atom. The van der Waals surface area contributed by atoms with Gasteiger partial charge in [0.2, 0.25) is 5.78 Å². The number of carbonyl (C=O) groups is 2. The number of aryl methyl sites for hydroxylation is 1. The van der Waals surface area contributed by atoms with E-state index in [0.717, 1.165) is 24.8 Å². The lowest BCUT2D eigenvalue weighted by atomic mass is 9.78. The van der Waals surface area contributed by atoms with Crippen molar-refractivity contribution in [2.45, 2.75) is 32.1 Å². The van der Waals surface area contributed by atoms with Gasteiger partial charge in [0.1, 0.15) is 12.7 Å². The molecule has 2 atom stereocenters. The second-order valence-corrected chi connectivity index (χ2v) is 7.87. The molecule has 6 heteroatoms. The van der Waals surface area contributed by atoms with E-state index in [2.05, 4.69) is 12.1 Å². The first-order chi connectivity index (χ1) is 13.4. The monoisotopic (exact) mass is 397 g/mol. The third-order valence-electron chi connectivity index (χ3n) is 5.91. The molecule has 4 rings (SSSR count). The number of benzene rings is 2. The molecule has 0 amide bonds. The Bertz CT molecular complexity index is 1030. The van der Waals surface area contributed by atoms with Gasteiger partial charge in [0, 0.05) is 12.0 Å². The Morgan fingerprint density at radius 1 is 1.29 bits per heavy atom. The van der Waals surface area contributed by atoms with Crippen LogP contribution in [-0.4, -0.2) is 23.4 Å². The van der Waals surface area contributed by atoms with Crippen LogP contribution in [0.2, 0.25) is 5.02 Å². The lowest BCUT2D eigenvalue weighted by Crippen LogP contribution is -2.54. The molecule has 0 saturated carbocycles. The zero-order chi connectivity index (χ0) is 20.1. The number of nitrogens with zero attached hydrogens (tertiary/aromatic N) is 1. The predicted molar refractivity (Wildman–Crippen MR) is 109 cm³/mol. The number of hydrogen-bond donors (Lipinski definition) is 2. The van der Waals surface area contributed by atoms with Crippen molar-refractivity contribution in [2.24, 2.45) is 5.84 Å². The van der Waals surface area contributed by atoms with Crippen molar-refractivity contribution in [1.29, 1.82) is 0 Å². The van der Waals surface area contributed by atoms with E-state index in [4.69, 9.17) is 17.4 Å². The molecule has 3 N–H and O–H groups in total. The van der Waals surface area contributed by atoms with Crippen LogP contribution < -0.4 is 10.4 Å². The van der Waals surface area contributed by atoms with Gasteiger partial charge in [-0.25, -0.2) is 4.79 Å². The summed E-state index contributed by atoms with van der Waals surface area (Å²) >= 11 is 6.68. The van der Waals surface area contributed by atoms with Gasteiger partial charge in [-0.1, -0.05) is 35.9 Å². The summed E-state index contributed by atoms with van der Waals surface area (Å²) in [7, 11) is 0. The highest BCUT2D eigenvalue weighted by Gasteiger charge is 2.40. The molecule has 1 unspecified atom stereocenters. The fourth-order valence-electron chi connectivity index (χ4n) is 4.37. The predicted octanol–water partition coefficient (Wildman–Crippen LogP) is 4.17. The van der Waals surface area contributed by atoms with Crippen LogP contribution >= 0.6 is 11.6 Å². The standard InChI is InChI=1S/C22H21ClN2O3/c1-2-25(24)12-18(22(27)28)21(26)17-10-16(19(23)11-20(17)25)15-9-5-7-13-6-3-4-8-14(13)15/h3-4,6,8,10-12,15H,2,5,7,9,24H2,1H3/p+1/t15?,25-/m1/s1.